The SMILES string of the molecule is O=c1cc(C(F)(F)F)nc2cc(C(F)(F)F)ccn12. The van der Waals surface area contributed by atoms with Gasteiger partial charge in [-0.15, -0.1) is 0 Å². The molecule has 0 aromatic carbocycles. The molecule has 0 saturated heterocycles. The van der Waals surface area contributed by atoms with Gasteiger partial charge < -0.3 is 0 Å². The molecular weight excluding hydrogens is 278 g/mol. The number of halogens is 6. The van der Waals surface area contributed by atoms with E-state index in [2.05, 4.69) is 4.98 Å². The third-order valence-electron chi connectivity index (χ3n) is 2.28. The van der Waals surface area contributed by atoms with E-state index in [1.54, 1.807) is 0 Å². The van der Waals surface area contributed by atoms with Gasteiger partial charge in [-0.25, -0.2) is 4.98 Å². The first-order chi connectivity index (χ1) is 8.59. The summed E-state index contributed by atoms with van der Waals surface area (Å²) < 4.78 is 75.0. The number of alkyl halides is 6. The Morgan fingerprint density at radius 2 is 1.63 bits per heavy atom. The van der Waals surface area contributed by atoms with Crippen molar-refractivity contribution in [2.45, 2.75) is 12.4 Å². The molecule has 0 aliphatic rings. The number of nitrogens with zero attached hydrogens (tertiary/aromatic N) is 2. The molecule has 0 aliphatic heterocycles. The second-order valence-electron chi connectivity index (χ2n) is 3.62. The molecular formula is C10H4F6N2O. The molecule has 0 saturated carbocycles. The lowest BCUT2D eigenvalue weighted by atomic mass is 10.2. The molecule has 0 N–H and O–H groups in total. The third kappa shape index (κ3) is 2.54. The lowest BCUT2D eigenvalue weighted by molar-refractivity contribution is -0.141. The number of fused-ring (bicyclic) bond motifs is 1. The fraction of sp³-hybridized carbons (Fsp3) is 0.200. The van der Waals surface area contributed by atoms with Crippen LogP contribution < -0.4 is 5.56 Å². The van der Waals surface area contributed by atoms with Gasteiger partial charge in [-0.2, -0.15) is 26.3 Å². The summed E-state index contributed by atoms with van der Waals surface area (Å²) in [7, 11) is 0. The van der Waals surface area contributed by atoms with Crippen LogP contribution in [0.4, 0.5) is 26.3 Å². The van der Waals surface area contributed by atoms with Gasteiger partial charge in [-0.05, 0) is 12.1 Å². The molecule has 102 valence electrons. The molecule has 2 heterocycles. The van der Waals surface area contributed by atoms with Crippen LogP contribution in [-0.4, -0.2) is 9.38 Å². The first kappa shape index (κ1) is 13.4. The zero-order valence-corrected chi connectivity index (χ0v) is 8.88. The Bertz CT molecular complexity index is 680. The lowest BCUT2D eigenvalue weighted by Crippen LogP contribution is -2.20. The molecule has 0 amide bonds. The molecule has 0 atom stereocenters. The van der Waals surface area contributed by atoms with Gasteiger partial charge in [0.15, 0.2) is 5.69 Å². The molecule has 2 rings (SSSR count). The summed E-state index contributed by atoms with van der Waals surface area (Å²) in [5.74, 6) is 0. The fourth-order valence-electron chi connectivity index (χ4n) is 1.42. The van der Waals surface area contributed by atoms with E-state index in [1.165, 1.54) is 0 Å². The van der Waals surface area contributed by atoms with Crippen LogP contribution in [0.2, 0.25) is 0 Å². The van der Waals surface area contributed by atoms with Gasteiger partial charge >= 0.3 is 12.4 Å². The number of rotatable bonds is 0. The van der Waals surface area contributed by atoms with Crippen LogP contribution in [0.25, 0.3) is 5.65 Å². The summed E-state index contributed by atoms with van der Waals surface area (Å²) in [6, 6.07) is 1.19. The molecule has 3 nitrogen and oxygen atoms in total. The molecule has 0 spiro atoms. The summed E-state index contributed by atoms with van der Waals surface area (Å²) in [4.78, 5) is 14.4. The summed E-state index contributed by atoms with van der Waals surface area (Å²) in [6.07, 6.45) is -8.90. The minimum absolute atomic E-state index is 0.222. The first-order valence-electron chi connectivity index (χ1n) is 4.77. The topological polar surface area (TPSA) is 34.4 Å². The van der Waals surface area contributed by atoms with Crippen molar-refractivity contribution in [3.63, 3.8) is 0 Å². The van der Waals surface area contributed by atoms with Crippen molar-refractivity contribution in [2.75, 3.05) is 0 Å². The molecule has 9 heteroatoms. The number of hydrogen-bond acceptors (Lipinski definition) is 2. The number of hydrogen-bond donors (Lipinski definition) is 0. The van der Waals surface area contributed by atoms with Crippen LogP contribution >= 0.6 is 0 Å². The average molecular weight is 282 g/mol. The van der Waals surface area contributed by atoms with Crippen molar-refractivity contribution in [3.8, 4) is 0 Å². The van der Waals surface area contributed by atoms with E-state index >= 15 is 0 Å². The van der Waals surface area contributed by atoms with Gasteiger partial charge in [0, 0.05) is 12.3 Å². The van der Waals surface area contributed by atoms with Crippen LogP contribution in [0.15, 0.2) is 29.2 Å². The standard InChI is InChI=1S/C10H4F6N2O/c11-9(12,13)5-1-2-18-7(3-5)17-6(4-8(18)19)10(14,15)16/h1-4H. The highest BCUT2D eigenvalue weighted by Crippen LogP contribution is 2.30. The van der Waals surface area contributed by atoms with Crippen LogP contribution in [0.5, 0.6) is 0 Å². The Hall–Kier alpha value is -2.06. The largest absolute Gasteiger partial charge is 0.433 e. The Morgan fingerprint density at radius 3 is 2.16 bits per heavy atom. The molecule has 2 aromatic heterocycles. The van der Waals surface area contributed by atoms with E-state index in [4.69, 9.17) is 0 Å². The highest BCUT2D eigenvalue weighted by Gasteiger charge is 2.34. The van der Waals surface area contributed by atoms with E-state index < -0.39 is 34.8 Å². The summed E-state index contributed by atoms with van der Waals surface area (Å²) in [5.41, 5.74) is -4.53. The van der Waals surface area contributed by atoms with Crippen molar-refractivity contribution < 1.29 is 26.3 Å². The van der Waals surface area contributed by atoms with Crippen LogP contribution in [-0.2, 0) is 12.4 Å². The Balaban J connectivity index is 2.74. The maximum Gasteiger partial charge on any atom is 0.433 e. The van der Waals surface area contributed by atoms with Crippen LogP contribution in [0.1, 0.15) is 11.3 Å². The third-order valence-corrected chi connectivity index (χ3v) is 2.28. The van der Waals surface area contributed by atoms with Crippen LogP contribution in [0, 0.1) is 0 Å². The van der Waals surface area contributed by atoms with Crippen LogP contribution in [0.3, 0.4) is 0 Å². The second-order valence-corrected chi connectivity index (χ2v) is 3.62. The molecule has 0 bridgehead atoms. The monoisotopic (exact) mass is 282 g/mol. The summed E-state index contributed by atoms with van der Waals surface area (Å²) in [6.45, 7) is 0. The summed E-state index contributed by atoms with van der Waals surface area (Å²) >= 11 is 0. The van der Waals surface area contributed by atoms with Gasteiger partial charge in [0.1, 0.15) is 5.65 Å². The summed E-state index contributed by atoms with van der Waals surface area (Å²) in [5, 5.41) is 0. The number of aromatic nitrogens is 2. The predicted octanol–water partition coefficient (Wildman–Crippen LogP) is 2.73. The van der Waals surface area contributed by atoms with Gasteiger partial charge in [-0.1, -0.05) is 0 Å². The van der Waals surface area contributed by atoms with E-state index in [9.17, 15) is 31.1 Å². The van der Waals surface area contributed by atoms with Crippen molar-refractivity contribution in [3.05, 3.63) is 46.0 Å². The smallest absolute Gasteiger partial charge is 0.269 e. The van der Waals surface area contributed by atoms with Gasteiger partial charge in [0.25, 0.3) is 5.56 Å². The Morgan fingerprint density at radius 1 is 1.00 bits per heavy atom. The molecule has 0 fully saturated rings. The Kier molecular flexibility index (Phi) is 2.79. The van der Waals surface area contributed by atoms with Crippen molar-refractivity contribution in [2.24, 2.45) is 0 Å². The normalized spacial score (nSPS) is 12.9. The van der Waals surface area contributed by atoms with Crippen molar-refractivity contribution >= 4 is 5.65 Å². The molecule has 0 radical (unpaired) electrons. The number of pyridine rings is 1. The van der Waals surface area contributed by atoms with Crippen molar-refractivity contribution in [1.82, 2.24) is 9.38 Å². The molecule has 2 aromatic rings. The minimum atomic E-state index is -4.90. The molecule has 0 aliphatic carbocycles. The Labute approximate surface area is 101 Å². The molecule has 0 unspecified atom stereocenters. The van der Waals surface area contributed by atoms with E-state index in [-0.39, 0.29) is 6.07 Å². The highest BCUT2D eigenvalue weighted by atomic mass is 19.4. The second kappa shape index (κ2) is 3.97. The van der Waals surface area contributed by atoms with Crippen molar-refractivity contribution in [1.29, 1.82) is 0 Å². The van der Waals surface area contributed by atoms with E-state index in [0.29, 0.717) is 16.5 Å². The first-order valence-corrected chi connectivity index (χ1v) is 4.77. The zero-order valence-electron chi connectivity index (χ0n) is 8.88. The fourth-order valence-corrected chi connectivity index (χ4v) is 1.42. The minimum Gasteiger partial charge on any atom is -0.269 e. The maximum absolute atomic E-state index is 12.4. The zero-order chi connectivity index (χ0) is 14.4. The van der Waals surface area contributed by atoms with Gasteiger partial charge in [0.05, 0.1) is 5.56 Å². The maximum atomic E-state index is 12.4. The lowest BCUT2D eigenvalue weighted by Gasteiger charge is -2.10. The predicted molar refractivity (Wildman–Crippen MR) is 51.5 cm³/mol. The van der Waals surface area contributed by atoms with E-state index in [1.807, 2.05) is 0 Å². The average Bonchev–Trinajstić information content (AvgIpc) is 2.25. The molecule has 19 heavy (non-hydrogen) atoms. The van der Waals surface area contributed by atoms with Gasteiger partial charge in [-0.3, -0.25) is 9.20 Å². The van der Waals surface area contributed by atoms with Gasteiger partial charge in [0.2, 0.25) is 0 Å². The van der Waals surface area contributed by atoms with E-state index in [0.717, 1.165) is 6.20 Å². The highest BCUT2D eigenvalue weighted by molar-refractivity contribution is 5.43. The quantitative estimate of drug-likeness (QED) is 0.696.